The van der Waals surface area contributed by atoms with Gasteiger partial charge in [-0.15, -0.1) is 0 Å². The van der Waals surface area contributed by atoms with E-state index < -0.39 is 10.0 Å². The fraction of sp³-hybridized carbons (Fsp3) is 0.435. The average molecular weight is 415 g/mol. The Morgan fingerprint density at radius 2 is 1.59 bits per heavy atom. The van der Waals surface area contributed by atoms with Crippen LogP contribution in [0.15, 0.2) is 35.2 Å². The maximum absolute atomic E-state index is 13.4. The van der Waals surface area contributed by atoms with Gasteiger partial charge in [-0.2, -0.15) is 4.31 Å². The number of sulfonamides is 1. The SMILES string of the molecule is Cc1cc(C)c(S(=O)(=O)N2CCC[C@@H](C(=O)Nc3c(C)cccc3C)C2)c(C)c1. The molecule has 0 aromatic heterocycles. The van der Waals surface area contributed by atoms with Gasteiger partial charge in [-0.25, -0.2) is 8.42 Å². The van der Waals surface area contributed by atoms with Crippen molar-refractivity contribution in [3.8, 4) is 0 Å². The molecule has 0 saturated carbocycles. The van der Waals surface area contributed by atoms with Crippen molar-refractivity contribution in [3.63, 3.8) is 0 Å². The Hall–Kier alpha value is -2.18. The minimum absolute atomic E-state index is 0.111. The summed E-state index contributed by atoms with van der Waals surface area (Å²) in [6.07, 6.45) is 1.36. The van der Waals surface area contributed by atoms with Crippen LogP contribution in [0.1, 0.15) is 40.7 Å². The molecule has 0 aliphatic carbocycles. The van der Waals surface area contributed by atoms with Crippen LogP contribution in [0.2, 0.25) is 0 Å². The van der Waals surface area contributed by atoms with Crippen molar-refractivity contribution in [2.75, 3.05) is 18.4 Å². The van der Waals surface area contributed by atoms with Gasteiger partial charge in [0.1, 0.15) is 0 Å². The van der Waals surface area contributed by atoms with Crippen molar-refractivity contribution < 1.29 is 13.2 Å². The van der Waals surface area contributed by atoms with Crippen LogP contribution < -0.4 is 5.32 Å². The van der Waals surface area contributed by atoms with E-state index in [1.54, 1.807) is 0 Å². The van der Waals surface area contributed by atoms with Crippen LogP contribution in [0.3, 0.4) is 0 Å². The van der Waals surface area contributed by atoms with Gasteiger partial charge in [0.2, 0.25) is 15.9 Å². The minimum atomic E-state index is -3.64. The zero-order chi connectivity index (χ0) is 21.3. The Labute approximate surface area is 174 Å². The average Bonchev–Trinajstić information content (AvgIpc) is 2.63. The van der Waals surface area contributed by atoms with Gasteiger partial charge in [0, 0.05) is 18.8 Å². The van der Waals surface area contributed by atoms with Gasteiger partial charge < -0.3 is 5.32 Å². The zero-order valence-corrected chi connectivity index (χ0v) is 18.7. The molecular weight excluding hydrogens is 384 g/mol. The van der Waals surface area contributed by atoms with Crippen molar-refractivity contribution >= 4 is 21.6 Å². The Balaban J connectivity index is 1.83. The summed E-state index contributed by atoms with van der Waals surface area (Å²) < 4.78 is 28.2. The van der Waals surface area contributed by atoms with Gasteiger partial charge in [0.05, 0.1) is 10.8 Å². The molecule has 2 aromatic carbocycles. The number of aryl methyl sites for hydroxylation is 5. The summed E-state index contributed by atoms with van der Waals surface area (Å²) >= 11 is 0. The molecule has 1 fully saturated rings. The van der Waals surface area contributed by atoms with Crippen LogP contribution in [-0.2, 0) is 14.8 Å². The van der Waals surface area contributed by atoms with Crippen LogP contribution in [0.25, 0.3) is 0 Å². The van der Waals surface area contributed by atoms with Crippen LogP contribution >= 0.6 is 0 Å². The fourth-order valence-corrected chi connectivity index (χ4v) is 6.25. The van der Waals surface area contributed by atoms with E-state index in [1.165, 1.54) is 4.31 Å². The highest BCUT2D eigenvalue weighted by molar-refractivity contribution is 7.89. The number of para-hydroxylation sites is 1. The molecule has 1 aliphatic rings. The lowest BCUT2D eigenvalue weighted by Crippen LogP contribution is -2.44. The van der Waals surface area contributed by atoms with Crippen LogP contribution in [-0.4, -0.2) is 31.7 Å². The molecule has 1 N–H and O–H groups in total. The number of amides is 1. The summed E-state index contributed by atoms with van der Waals surface area (Å²) in [6, 6.07) is 9.68. The van der Waals surface area contributed by atoms with E-state index in [1.807, 2.05) is 65.0 Å². The highest BCUT2D eigenvalue weighted by Gasteiger charge is 2.35. The van der Waals surface area contributed by atoms with Gasteiger partial charge in [-0.1, -0.05) is 35.9 Å². The van der Waals surface area contributed by atoms with Crippen LogP contribution in [0.5, 0.6) is 0 Å². The summed E-state index contributed by atoms with van der Waals surface area (Å²) in [5, 5.41) is 3.03. The largest absolute Gasteiger partial charge is 0.325 e. The molecule has 6 heteroatoms. The number of carbonyl (C=O) groups is 1. The summed E-state index contributed by atoms with van der Waals surface area (Å²) in [7, 11) is -3.64. The Kier molecular flexibility index (Phi) is 6.15. The normalized spacial score (nSPS) is 17.9. The molecule has 1 saturated heterocycles. The molecule has 5 nitrogen and oxygen atoms in total. The zero-order valence-electron chi connectivity index (χ0n) is 17.9. The molecule has 1 amide bonds. The lowest BCUT2D eigenvalue weighted by Gasteiger charge is -2.32. The Morgan fingerprint density at radius 1 is 1.00 bits per heavy atom. The highest BCUT2D eigenvalue weighted by Crippen LogP contribution is 2.30. The van der Waals surface area contributed by atoms with E-state index in [4.69, 9.17) is 0 Å². The predicted molar refractivity (Wildman–Crippen MR) is 117 cm³/mol. The van der Waals surface area contributed by atoms with Gasteiger partial charge in [0.15, 0.2) is 0 Å². The number of carbonyl (C=O) groups excluding carboxylic acids is 1. The van der Waals surface area contributed by atoms with Crippen molar-refractivity contribution in [1.82, 2.24) is 4.31 Å². The molecule has 1 atom stereocenters. The summed E-state index contributed by atoms with van der Waals surface area (Å²) in [5.41, 5.74) is 5.38. The molecule has 3 rings (SSSR count). The van der Waals surface area contributed by atoms with Crippen molar-refractivity contribution in [1.29, 1.82) is 0 Å². The minimum Gasteiger partial charge on any atom is -0.325 e. The van der Waals surface area contributed by atoms with Gasteiger partial charge in [0.25, 0.3) is 0 Å². The predicted octanol–water partition coefficient (Wildman–Crippen LogP) is 4.27. The Morgan fingerprint density at radius 3 is 2.17 bits per heavy atom. The first-order valence-electron chi connectivity index (χ1n) is 10.1. The molecular formula is C23H30N2O3S. The summed E-state index contributed by atoms with van der Waals surface area (Å²) in [5.74, 6) is -0.469. The molecule has 0 unspecified atom stereocenters. The molecule has 156 valence electrons. The van der Waals surface area contributed by atoms with E-state index in [0.717, 1.165) is 33.5 Å². The third-order valence-electron chi connectivity index (χ3n) is 5.69. The second-order valence-corrected chi connectivity index (χ2v) is 10.1. The lowest BCUT2D eigenvalue weighted by atomic mass is 9.98. The first-order valence-corrected chi connectivity index (χ1v) is 11.5. The number of benzene rings is 2. The van der Waals surface area contributed by atoms with E-state index in [2.05, 4.69) is 5.32 Å². The van der Waals surface area contributed by atoms with Crippen LogP contribution in [0, 0.1) is 40.5 Å². The number of nitrogens with one attached hydrogen (secondary N) is 1. The van der Waals surface area contributed by atoms with Crippen LogP contribution in [0.4, 0.5) is 5.69 Å². The lowest BCUT2D eigenvalue weighted by molar-refractivity contribution is -0.120. The molecule has 0 spiro atoms. The number of piperidine rings is 1. The Bertz CT molecular complexity index is 1000. The number of hydrogen-bond donors (Lipinski definition) is 1. The topological polar surface area (TPSA) is 66.5 Å². The second kappa shape index (κ2) is 8.28. The van der Waals surface area contributed by atoms with Gasteiger partial charge >= 0.3 is 0 Å². The molecule has 1 heterocycles. The maximum Gasteiger partial charge on any atom is 0.243 e. The molecule has 0 radical (unpaired) electrons. The quantitative estimate of drug-likeness (QED) is 0.812. The fourth-order valence-electron chi connectivity index (χ4n) is 4.31. The van der Waals surface area contributed by atoms with Gasteiger partial charge in [-0.3, -0.25) is 4.79 Å². The maximum atomic E-state index is 13.4. The number of hydrogen-bond acceptors (Lipinski definition) is 3. The smallest absolute Gasteiger partial charge is 0.243 e. The molecule has 1 aliphatic heterocycles. The third kappa shape index (κ3) is 4.38. The first kappa shape index (κ1) is 21.5. The summed E-state index contributed by atoms with van der Waals surface area (Å²) in [4.78, 5) is 13.3. The van der Waals surface area contributed by atoms with Crippen molar-refractivity contribution in [3.05, 3.63) is 58.1 Å². The monoisotopic (exact) mass is 414 g/mol. The van der Waals surface area contributed by atoms with E-state index in [0.29, 0.717) is 24.3 Å². The highest BCUT2D eigenvalue weighted by atomic mass is 32.2. The number of nitrogens with zero attached hydrogens (tertiary/aromatic N) is 1. The van der Waals surface area contributed by atoms with E-state index in [9.17, 15) is 13.2 Å². The van der Waals surface area contributed by atoms with Crippen molar-refractivity contribution in [2.45, 2.75) is 52.4 Å². The second-order valence-electron chi connectivity index (χ2n) is 8.19. The number of rotatable bonds is 4. The summed E-state index contributed by atoms with van der Waals surface area (Å²) in [6.45, 7) is 10.2. The van der Waals surface area contributed by atoms with E-state index in [-0.39, 0.29) is 18.4 Å². The van der Waals surface area contributed by atoms with Gasteiger partial charge in [-0.05, 0) is 69.7 Å². The third-order valence-corrected chi connectivity index (χ3v) is 7.86. The molecule has 29 heavy (non-hydrogen) atoms. The van der Waals surface area contributed by atoms with E-state index >= 15 is 0 Å². The van der Waals surface area contributed by atoms with Crippen molar-refractivity contribution in [2.24, 2.45) is 5.92 Å². The number of anilines is 1. The molecule has 0 bridgehead atoms. The molecule has 2 aromatic rings. The first-order chi connectivity index (χ1) is 13.6. The standard InChI is InChI=1S/C23H30N2O3S/c1-15-12-18(4)22(19(5)13-15)29(27,28)25-11-7-10-20(14-25)23(26)24-21-16(2)8-6-9-17(21)3/h6,8-9,12-13,20H,7,10-11,14H2,1-5H3,(H,24,26)/t20-/m1/s1.